The summed E-state index contributed by atoms with van der Waals surface area (Å²) in [4.78, 5) is 43.7. The molecule has 1 aliphatic rings. The van der Waals surface area contributed by atoms with Crippen LogP contribution in [-0.4, -0.2) is 60.5 Å². The van der Waals surface area contributed by atoms with Gasteiger partial charge < -0.3 is 10.6 Å². The smallest absolute Gasteiger partial charge is 0.262 e. The summed E-state index contributed by atoms with van der Waals surface area (Å²) in [5.74, 6) is -1.05. The van der Waals surface area contributed by atoms with Crippen molar-refractivity contribution in [2.75, 3.05) is 13.1 Å². The molecule has 1 saturated heterocycles. The minimum atomic E-state index is -3.95. The van der Waals surface area contributed by atoms with Crippen molar-refractivity contribution >= 4 is 59.7 Å². The highest BCUT2D eigenvalue weighted by Gasteiger charge is 2.35. The zero-order valence-corrected chi connectivity index (χ0v) is 23.3. The average molecular weight is 563 g/mol. The highest BCUT2D eigenvalue weighted by atomic mass is 32.2. The van der Waals surface area contributed by atoms with Gasteiger partial charge in [0.2, 0.25) is 5.91 Å². The van der Waals surface area contributed by atoms with E-state index in [1.165, 1.54) is 17.5 Å². The van der Waals surface area contributed by atoms with E-state index in [1.54, 1.807) is 30.4 Å². The van der Waals surface area contributed by atoms with Crippen LogP contribution in [0.3, 0.4) is 0 Å². The monoisotopic (exact) mass is 562 g/mol. The van der Waals surface area contributed by atoms with E-state index >= 15 is 0 Å². The summed E-state index contributed by atoms with van der Waals surface area (Å²) >= 11 is 2.92. The van der Waals surface area contributed by atoms with Gasteiger partial charge in [-0.2, -0.15) is 4.31 Å². The van der Waals surface area contributed by atoms with Crippen LogP contribution in [-0.2, 0) is 19.6 Å². The summed E-state index contributed by atoms with van der Waals surface area (Å²) in [5.41, 5.74) is 0.502. The predicted molar refractivity (Wildman–Crippen MR) is 144 cm³/mol. The Kier molecular flexibility index (Phi) is 8.42. The van der Waals surface area contributed by atoms with Gasteiger partial charge in [0.25, 0.3) is 15.9 Å². The number of hydrogen-bond acceptors (Lipinski definition) is 8. The molecule has 0 spiro atoms. The maximum Gasteiger partial charge on any atom is 0.262 e. The Bertz CT molecular complexity index is 1380. The molecule has 3 aromatic rings. The summed E-state index contributed by atoms with van der Waals surface area (Å²) in [5, 5.41) is 7.51. The molecule has 0 radical (unpaired) electrons. The van der Waals surface area contributed by atoms with Gasteiger partial charge in [-0.15, -0.1) is 22.7 Å². The molecule has 0 aliphatic carbocycles. The van der Waals surface area contributed by atoms with Crippen LogP contribution in [0.15, 0.2) is 40.9 Å². The summed E-state index contributed by atoms with van der Waals surface area (Å²) in [6, 6.07) is 5.43. The summed E-state index contributed by atoms with van der Waals surface area (Å²) < 4.78 is 29.5. The van der Waals surface area contributed by atoms with Gasteiger partial charge in [-0.25, -0.2) is 13.4 Å². The first-order valence-electron chi connectivity index (χ1n) is 12.1. The number of sulfonamides is 1. The quantitative estimate of drug-likeness (QED) is 0.434. The molecule has 37 heavy (non-hydrogen) atoms. The molecule has 198 valence electrons. The van der Waals surface area contributed by atoms with E-state index in [0.29, 0.717) is 29.7 Å². The third-order valence-corrected chi connectivity index (χ3v) is 10.2. The van der Waals surface area contributed by atoms with Crippen molar-refractivity contribution in [2.24, 2.45) is 5.92 Å². The predicted octanol–water partition coefficient (Wildman–Crippen LogP) is 3.35. The topological polar surface area (TPSA) is 126 Å². The van der Waals surface area contributed by atoms with Crippen LogP contribution in [0.2, 0.25) is 0 Å². The van der Waals surface area contributed by atoms with Crippen LogP contribution in [0.5, 0.6) is 0 Å². The molecule has 2 atom stereocenters. The lowest BCUT2D eigenvalue weighted by molar-refractivity contribution is -0.129. The highest BCUT2D eigenvalue weighted by Crippen LogP contribution is 2.30. The van der Waals surface area contributed by atoms with Crippen LogP contribution >= 0.6 is 22.7 Å². The van der Waals surface area contributed by atoms with Crippen LogP contribution in [0.1, 0.15) is 48.3 Å². The van der Waals surface area contributed by atoms with Crippen LogP contribution < -0.4 is 10.6 Å². The van der Waals surface area contributed by atoms with Crippen molar-refractivity contribution in [3.63, 3.8) is 0 Å². The number of carbonyl (C=O) groups is 3. The zero-order chi connectivity index (χ0) is 26.7. The largest absolute Gasteiger partial charge is 0.344 e. The number of aryl methyl sites for hydroxylation is 1. The Hall–Kier alpha value is -2.67. The molecule has 3 aromatic heterocycles. The standard InChI is InChI=1S/C25H30N4O5S3/c1-15(2)12-18(28-24(32)22-13-21-20(36-22)8-11-35-21)23(31)27-17-7-5-10-29(14-19(17)30)37(33,34)25-16(3)6-4-9-26-25/h4,6,8-9,11,13,15,17-18H,5,7,10,12,14H2,1-3H3,(H,27,31)(H,28,32)/t17-,18?/m0/s1. The fourth-order valence-electron chi connectivity index (χ4n) is 4.30. The number of nitrogens with zero attached hydrogens (tertiary/aromatic N) is 2. The van der Waals surface area contributed by atoms with E-state index < -0.39 is 33.8 Å². The molecule has 9 nitrogen and oxygen atoms in total. The number of thiophene rings is 2. The fraction of sp³-hybridized carbons (Fsp3) is 0.440. The van der Waals surface area contributed by atoms with Crippen molar-refractivity contribution < 1.29 is 22.8 Å². The summed E-state index contributed by atoms with van der Waals surface area (Å²) in [6.45, 7) is 5.36. The Labute approximate surface area is 224 Å². The van der Waals surface area contributed by atoms with Gasteiger partial charge in [0, 0.05) is 22.1 Å². The molecule has 12 heteroatoms. The lowest BCUT2D eigenvalue weighted by Crippen LogP contribution is -2.52. The number of ketones is 1. The van der Waals surface area contributed by atoms with E-state index in [1.807, 2.05) is 31.4 Å². The maximum absolute atomic E-state index is 13.2. The minimum Gasteiger partial charge on any atom is -0.344 e. The van der Waals surface area contributed by atoms with Crippen molar-refractivity contribution in [3.8, 4) is 0 Å². The number of carbonyl (C=O) groups excluding carboxylic acids is 3. The second-order valence-corrected chi connectivity index (χ2v) is 13.4. The molecular formula is C25H30N4O5S3. The number of pyridine rings is 1. The maximum atomic E-state index is 13.2. The summed E-state index contributed by atoms with van der Waals surface area (Å²) in [6.07, 6.45) is 2.51. The van der Waals surface area contributed by atoms with Gasteiger partial charge in [0.1, 0.15) is 6.04 Å². The second kappa shape index (κ2) is 11.4. The molecule has 2 amide bonds. The van der Waals surface area contributed by atoms with Crippen LogP contribution in [0, 0.1) is 12.8 Å². The number of aromatic nitrogens is 1. The molecule has 2 N–H and O–H groups in total. The number of amides is 2. The first-order chi connectivity index (χ1) is 17.6. The molecule has 4 heterocycles. The van der Waals surface area contributed by atoms with Crippen molar-refractivity contribution in [1.29, 1.82) is 0 Å². The van der Waals surface area contributed by atoms with Gasteiger partial charge >= 0.3 is 0 Å². The van der Waals surface area contributed by atoms with Gasteiger partial charge in [0.05, 0.1) is 17.5 Å². The van der Waals surface area contributed by atoms with Crippen molar-refractivity contribution in [2.45, 2.75) is 57.1 Å². The first kappa shape index (κ1) is 27.4. The Morgan fingerprint density at radius 2 is 2.03 bits per heavy atom. The normalized spacial score (nSPS) is 18.1. The number of rotatable bonds is 8. The molecule has 0 saturated carbocycles. The van der Waals surface area contributed by atoms with Crippen molar-refractivity contribution in [3.05, 3.63) is 46.3 Å². The highest BCUT2D eigenvalue weighted by molar-refractivity contribution is 7.89. The van der Waals surface area contributed by atoms with Gasteiger partial charge in [-0.1, -0.05) is 19.9 Å². The Balaban J connectivity index is 1.44. The number of fused-ring (bicyclic) bond motifs is 1. The molecule has 1 fully saturated rings. The Morgan fingerprint density at radius 3 is 2.73 bits per heavy atom. The van der Waals surface area contributed by atoms with E-state index in [-0.39, 0.29) is 29.9 Å². The van der Waals surface area contributed by atoms with Crippen molar-refractivity contribution in [1.82, 2.24) is 19.9 Å². The average Bonchev–Trinajstić information content (AvgIpc) is 3.39. The third-order valence-electron chi connectivity index (χ3n) is 6.18. The fourth-order valence-corrected chi connectivity index (χ4v) is 7.89. The number of nitrogens with one attached hydrogen (secondary N) is 2. The SMILES string of the molecule is Cc1cccnc1S(=O)(=O)N1CCC[C@H](NC(=O)C(CC(C)C)NC(=O)c2cc3sccc3s2)C(=O)C1. The zero-order valence-electron chi connectivity index (χ0n) is 20.9. The lowest BCUT2D eigenvalue weighted by Gasteiger charge is -2.23. The molecular weight excluding hydrogens is 532 g/mol. The molecule has 1 aliphatic heterocycles. The molecule has 1 unspecified atom stereocenters. The van der Waals surface area contributed by atoms with E-state index in [9.17, 15) is 22.8 Å². The molecule has 0 aromatic carbocycles. The van der Waals surface area contributed by atoms with E-state index in [4.69, 9.17) is 0 Å². The van der Waals surface area contributed by atoms with Crippen LogP contribution in [0.25, 0.3) is 9.40 Å². The molecule has 0 bridgehead atoms. The van der Waals surface area contributed by atoms with Gasteiger partial charge in [-0.05, 0) is 61.2 Å². The number of hydrogen-bond donors (Lipinski definition) is 2. The lowest BCUT2D eigenvalue weighted by atomic mass is 10.0. The Morgan fingerprint density at radius 1 is 1.24 bits per heavy atom. The van der Waals surface area contributed by atoms with Crippen LogP contribution in [0.4, 0.5) is 0 Å². The molecule has 4 rings (SSSR count). The first-order valence-corrected chi connectivity index (χ1v) is 15.2. The second-order valence-electron chi connectivity index (χ2n) is 9.55. The summed E-state index contributed by atoms with van der Waals surface area (Å²) in [7, 11) is -3.95. The van der Waals surface area contributed by atoms with E-state index in [0.717, 1.165) is 13.7 Å². The van der Waals surface area contributed by atoms with Gasteiger partial charge in [-0.3, -0.25) is 14.4 Å². The third kappa shape index (κ3) is 6.25. The minimum absolute atomic E-state index is 0.0709. The number of Topliss-reactive ketones (excluding diaryl/α,β-unsaturated/α-hetero) is 1. The van der Waals surface area contributed by atoms with E-state index in [2.05, 4.69) is 15.6 Å². The van der Waals surface area contributed by atoms with Gasteiger partial charge in [0.15, 0.2) is 10.8 Å².